The van der Waals surface area contributed by atoms with Crippen LogP contribution in [0.2, 0.25) is 0 Å². The zero-order valence-corrected chi connectivity index (χ0v) is 10.7. The van der Waals surface area contributed by atoms with Gasteiger partial charge in [-0.2, -0.15) is 0 Å². The molecule has 0 spiro atoms. The van der Waals surface area contributed by atoms with Crippen LogP contribution in [0.15, 0.2) is 28.7 Å². The largest absolute Gasteiger partial charge is 0.305 e. The number of likely N-dealkylation sites (N-methyl/N-ethyl adjacent to an activating group) is 1. The lowest BCUT2D eigenvalue weighted by Crippen LogP contribution is -2.23. The van der Waals surface area contributed by atoms with E-state index in [-0.39, 0.29) is 0 Å². The lowest BCUT2D eigenvalue weighted by Gasteiger charge is -2.14. The van der Waals surface area contributed by atoms with E-state index in [1.54, 1.807) is 0 Å². The van der Waals surface area contributed by atoms with Crippen LogP contribution in [0.5, 0.6) is 0 Å². The summed E-state index contributed by atoms with van der Waals surface area (Å²) in [6.45, 7) is 2.01. The van der Waals surface area contributed by atoms with Crippen LogP contribution >= 0.6 is 27.5 Å². The standard InChI is InChI=1S/C11H15BrClN/c1-14(8-6-13)7-5-10-3-2-4-11(12)9-10/h2-4,9H,5-8H2,1H3. The quantitative estimate of drug-likeness (QED) is 0.747. The zero-order valence-electron chi connectivity index (χ0n) is 8.34. The number of hydrogen-bond donors (Lipinski definition) is 0. The van der Waals surface area contributed by atoms with E-state index >= 15 is 0 Å². The van der Waals surface area contributed by atoms with Crippen molar-refractivity contribution in [2.45, 2.75) is 6.42 Å². The first-order chi connectivity index (χ1) is 6.72. The molecular formula is C11H15BrClN. The molecule has 0 unspecified atom stereocenters. The van der Waals surface area contributed by atoms with E-state index in [4.69, 9.17) is 11.6 Å². The summed E-state index contributed by atoms with van der Waals surface area (Å²) in [5.74, 6) is 0.703. The first-order valence-electron chi connectivity index (χ1n) is 4.71. The molecule has 78 valence electrons. The van der Waals surface area contributed by atoms with Gasteiger partial charge in [0.15, 0.2) is 0 Å². The van der Waals surface area contributed by atoms with Gasteiger partial charge < -0.3 is 4.90 Å². The highest BCUT2D eigenvalue weighted by molar-refractivity contribution is 9.10. The molecule has 0 aromatic heterocycles. The van der Waals surface area contributed by atoms with Crippen LogP contribution in [-0.4, -0.2) is 30.9 Å². The third kappa shape index (κ3) is 4.45. The van der Waals surface area contributed by atoms with Gasteiger partial charge in [-0.05, 0) is 31.2 Å². The van der Waals surface area contributed by atoms with E-state index in [1.165, 1.54) is 5.56 Å². The summed E-state index contributed by atoms with van der Waals surface area (Å²) in [7, 11) is 2.10. The molecule has 1 nitrogen and oxygen atoms in total. The summed E-state index contributed by atoms with van der Waals surface area (Å²) in [6.07, 6.45) is 1.08. The Labute approximate surface area is 99.2 Å². The number of hydrogen-bond acceptors (Lipinski definition) is 1. The molecule has 1 aromatic rings. The lowest BCUT2D eigenvalue weighted by molar-refractivity contribution is 0.359. The molecule has 0 bridgehead atoms. The minimum absolute atomic E-state index is 0.703. The van der Waals surface area contributed by atoms with E-state index < -0.39 is 0 Å². The van der Waals surface area contributed by atoms with E-state index in [0.717, 1.165) is 24.0 Å². The number of rotatable bonds is 5. The molecule has 0 saturated carbocycles. The van der Waals surface area contributed by atoms with Gasteiger partial charge in [0.25, 0.3) is 0 Å². The molecule has 0 aliphatic carbocycles. The summed E-state index contributed by atoms with van der Waals surface area (Å²) < 4.78 is 1.15. The molecule has 0 heterocycles. The van der Waals surface area contributed by atoms with Gasteiger partial charge in [-0.15, -0.1) is 11.6 Å². The van der Waals surface area contributed by atoms with Gasteiger partial charge in [0.2, 0.25) is 0 Å². The third-order valence-corrected chi connectivity index (χ3v) is 2.80. The molecule has 14 heavy (non-hydrogen) atoms. The van der Waals surface area contributed by atoms with Gasteiger partial charge in [-0.3, -0.25) is 0 Å². The maximum Gasteiger partial charge on any atom is 0.0351 e. The van der Waals surface area contributed by atoms with Crippen LogP contribution in [0.4, 0.5) is 0 Å². The minimum Gasteiger partial charge on any atom is -0.305 e. The van der Waals surface area contributed by atoms with Crippen molar-refractivity contribution in [2.75, 3.05) is 26.0 Å². The SMILES string of the molecule is CN(CCCl)CCc1cccc(Br)c1. The van der Waals surface area contributed by atoms with Crippen LogP contribution in [0.3, 0.4) is 0 Å². The van der Waals surface area contributed by atoms with Gasteiger partial charge in [-0.1, -0.05) is 28.1 Å². The normalized spacial score (nSPS) is 10.9. The fourth-order valence-corrected chi connectivity index (χ4v) is 2.00. The number of nitrogens with zero attached hydrogens (tertiary/aromatic N) is 1. The average Bonchev–Trinajstić information content (AvgIpc) is 2.15. The molecule has 0 aliphatic heterocycles. The number of halogens is 2. The van der Waals surface area contributed by atoms with Crippen molar-refractivity contribution in [3.63, 3.8) is 0 Å². The summed E-state index contributed by atoms with van der Waals surface area (Å²) in [4.78, 5) is 2.24. The molecule has 0 saturated heterocycles. The third-order valence-electron chi connectivity index (χ3n) is 2.14. The Morgan fingerprint density at radius 2 is 2.14 bits per heavy atom. The van der Waals surface area contributed by atoms with Crippen molar-refractivity contribution in [1.82, 2.24) is 4.90 Å². The Morgan fingerprint density at radius 1 is 1.36 bits per heavy atom. The Hall–Kier alpha value is -0.0500. The predicted molar refractivity (Wildman–Crippen MR) is 66.1 cm³/mol. The Kier molecular flexibility index (Phi) is 5.53. The van der Waals surface area contributed by atoms with Crippen LogP contribution in [0.1, 0.15) is 5.56 Å². The number of benzene rings is 1. The van der Waals surface area contributed by atoms with E-state index in [0.29, 0.717) is 5.88 Å². The molecule has 0 N–H and O–H groups in total. The predicted octanol–water partition coefficient (Wildman–Crippen LogP) is 3.16. The highest BCUT2D eigenvalue weighted by Crippen LogP contribution is 2.12. The van der Waals surface area contributed by atoms with E-state index in [9.17, 15) is 0 Å². The van der Waals surface area contributed by atoms with Crippen LogP contribution in [0, 0.1) is 0 Å². The lowest BCUT2D eigenvalue weighted by atomic mass is 10.1. The fourth-order valence-electron chi connectivity index (χ4n) is 1.27. The maximum absolute atomic E-state index is 5.65. The van der Waals surface area contributed by atoms with Crippen molar-refractivity contribution >= 4 is 27.5 Å². The molecule has 0 fully saturated rings. The van der Waals surface area contributed by atoms with E-state index in [2.05, 4.69) is 46.1 Å². The topological polar surface area (TPSA) is 3.24 Å². The molecule has 0 atom stereocenters. The van der Waals surface area contributed by atoms with Gasteiger partial charge >= 0.3 is 0 Å². The van der Waals surface area contributed by atoms with Crippen molar-refractivity contribution in [2.24, 2.45) is 0 Å². The molecule has 1 rings (SSSR count). The summed E-state index contributed by atoms with van der Waals surface area (Å²) in [6, 6.07) is 8.43. The highest BCUT2D eigenvalue weighted by Gasteiger charge is 1.98. The second-order valence-electron chi connectivity index (χ2n) is 3.37. The fraction of sp³-hybridized carbons (Fsp3) is 0.455. The Bertz CT molecular complexity index is 278. The smallest absolute Gasteiger partial charge is 0.0351 e. The Morgan fingerprint density at radius 3 is 2.79 bits per heavy atom. The Balaban J connectivity index is 2.37. The molecular weight excluding hydrogens is 261 g/mol. The number of alkyl halides is 1. The summed E-state index contributed by atoms with van der Waals surface area (Å²) in [5.41, 5.74) is 1.36. The van der Waals surface area contributed by atoms with Crippen molar-refractivity contribution in [3.8, 4) is 0 Å². The van der Waals surface area contributed by atoms with Crippen LogP contribution in [0.25, 0.3) is 0 Å². The first-order valence-corrected chi connectivity index (χ1v) is 6.04. The monoisotopic (exact) mass is 275 g/mol. The van der Waals surface area contributed by atoms with Crippen molar-refractivity contribution in [3.05, 3.63) is 34.3 Å². The first kappa shape index (κ1) is 12.0. The molecule has 3 heteroatoms. The van der Waals surface area contributed by atoms with Gasteiger partial charge in [0.1, 0.15) is 0 Å². The zero-order chi connectivity index (χ0) is 10.4. The summed E-state index contributed by atoms with van der Waals surface area (Å²) in [5, 5.41) is 0. The molecule has 0 radical (unpaired) electrons. The minimum atomic E-state index is 0.703. The van der Waals surface area contributed by atoms with Crippen molar-refractivity contribution < 1.29 is 0 Å². The van der Waals surface area contributed by atoms with Gasteiger partial charge in [-0.25, -0.2) is 0 Å². The highest BCUT2D eigenvalue weighted by atomic mass is 79.9. The molecule has 0 aliphatic rings. The van der Waals surface area contributed by atoms with E-state index in [1.807, 2.05) is 6.07 Å². The summed E-state index contributed by atoms with van der Waals surface area (Å²) >= 11 is 9.12. The molecule has 1 aromatic carbocycles. The second kappa shape index (κ2) is 6.44. The maximum atomic E-state index is 5.65. The second-order valence-corrected chi connectivity index (χ2v) is 4.67. The average molecular weight is 277 g/mol. The van der Waals surface area contributed by atoms with Gasteiger partial charge in [0, 0.05) is 23.4 Å². The van der Waals surface area contributed by atoms with Crippen molar-refractivity contribution in [1.29, 1.82) is 0 Å². The van der Waals surface area contributed by atoms with Gasteiger partial charge in [0.05, 0.1) is 0 Å². The van der Waals surface area contributed by atoms with Crippen LogP contribution < -0.4 is 0 Å². The van der Waals surface area contributed by atoms with Crippen LogP contribution in [-0.2, 0) is 6.42 Å². The molecule has 0 amide bonds.